The van der Waals surface area contributed by atoms with Gasteiger partial charge < -0.3 is 9.47 Å². The van der Waals surface area contributed by atoms with E-state index in [4.69, 9.17) is 9.47 Å². The van der Waals surface area contributed by atoms with Gasteiger partial charge in [0.15, 0.2) is 12.4 Å². The molecule has 3 aliphatic rings. The van der Waals surface area contributed by atoms with Gasteiger partial charge in [-0.25, -0.2) is 9.69 Å². The van der Waals surface area contributed by atoms with Crippen LogP contribution in [0.25, 0.3) is 0 Å². The first kappa shape index (κ1) is 20.2. The number of hydrogen-bond acceptors (Lipinski definition) is 6. The molecule has 2 amide bonds. The van der Waals surface area contributed by atoms with Gasteiger partial charge in [0.2, 0.25) is 11.8 Å². The van der Waals surface area contributed by atoms with Crippen LogP contribution in [0.15, 0.2) is 60.7 Å². The number of carbonyl (C=O) groups excluding carboxylic acids is 4. The summed E-state index contributed by atoms with van der Waals surface area (Å²) in [6.45, 7) is -0.434. The Morgan fingerprint density at radius 3 is 2.28 bits per heavy atom. The number of ether oxygens (including phenoxy) is 2. The number of allylic oxidation sites excluding steroid dienone is 2. The summed E-state index contributed by atoms with van der Waals surface area (Å²) in [7, 11) is 1.50. The second-order valence-electron chi connectivity index (χ2n) is 8.29. The number of Topliss-reactive ketones (excluding diaryl/α,β-unsaturated/α-hetero) is 1. The summed E-state index contributed by atoms with van der Waals surface area (Å²) in [5.74, 6) is -1.36. The lowest BCUT2D eigenvalue weighted by Crippen LogP contribution is -2.33. The highest BCUT2D eigenvalue weighted by Gasteiger charge is 2.59. The van der Waals surface area contributed by atoms with E-state index in [1.54, 1.807) is 36.4 Å². The molecule has 4 atom stereocenters. The van der Waals surface area contributed by atoms with Crippen molar-refractivity contribution in [2.75, 3.05) is 18.6 Å². The van der Waals surface area contributed by atoms with Gasteiger partial charge in [0.1, 0.15) is 5.75 Å². The number of amides is 2. The maximum Gasteiger partial charge on any atom is 0.338 e. The highest BCUT2D eigenvalue weighted by molar-refractivity contribution is 6.23. The summed E-state index contributed by atoms with van der Waals surface area (Å²) in [6.07, 6.45) is 4.93. The maximum atomic E-state index is 13.0. The van der Waals surface area contributed by atoms with E-state index >= 15 is 0 Å². The van der Waals surface area contributed by atoms with Crippen molar-refractivity contribution in [2.24, 2.45) is 23.7 Å². The number of nitrogens with zero attached hydrogens (tertiary/aromatic N) is 1. The molecule has 1 saturated carbocycles. The largest absolute Gasteiger partial charge is 0.497 e. The van der Waals surface area contributed by atoms with Gasteiger partial charge in [0.25, 0.3) is 0 Å². The van der Waals surface area contributed by atoms with Gasteiger partial charge >= 0.3 is 5.97 Å². The lowest BCUT2D eigenvalue weighted by molar-refractivity contribution is -0.123. The molecule has 32 heavy (non-hydrogen) atoms. The minimum atomic E-state index is -0.705. The third-order valence-corrected chi connectivity index (χ3v) is 6.54. The van der Waals surface area contributed by atoms with Crippen molar-refractivity contribution in [1.29, 1.82) is 0 Å². The zero-order chi connectivity index (χ0) is 22.4. The topological polar surface area (TPSA) is 90.0 Å². The number of fused-ring (bicyclic) bond motifs is 5. The Kier molecular flexibility index (Phi) is 4.89. The molecule has 7 nitrogen and oxygen atoms in total. The van der Waals surface area contributed by atoms with Crippen molar-refractivity contribution in [3.8, 4) is 5.75 Å². The van der Waals surface area contributed by atoms with E-state index in [-0.39, 0.29) is 46.8 Å². The molecule has 2 bridgehead atoms. The van der Waals surface area contributed by atoms with Gasteiger partial charge in [0.05, 0.1) is 30.2 Å². The van der Waals surface area contributed by atoms with Crippen LogP contribution in [0.5, 0.6) is 5.75 Å². The molecule has 1 heterocycles. The van der Waals surface area contributed by atoms with Crippen molar-refractivity contribution in [3.63, 3.8) is 0 Å². The molecule has 2 aromatic rings. The van der Waals surface area contributed by atoms with Gasteiger partial charge in [-0.05, 0) is 48.6 Å². The Balaban J connectivity index is 1.29. The van der Waals surface area contributed by atoms with Crippen LogP contribution in [0.4, 0.5) is 5.69 Å². The number of hydrogen-bond donors (Lipinski definition) is 0. The van der Waals surface area contributed by atoms with Gasteiger partial charge in [-0.2, -0.15) is 0 Å². The van der Waals surface area contributed by atoms with Gasteiger partial charge in [-0.1, -0.05) is 30.4 Å². The predicted molar refractivity (Wildman–Crippen MR) is 114 cm³/mol. The zero-order valence-electron chi connectivity index (χ0n) is 17.4. The van der Waals surface area contributed by atoms with Gasteiger partial charge in [0, 0.05) is 5.56 Å². The van der Waals surface area contributed by atoms with E-state index in [0.717, 1.165) is 6.42 Å². The number of benzene rings is 2. The minimum Gasteiger partial charge on any atom is -0.497 e. The van der Waals surface area contributed by atoms with E-state index in [9.17, 15) is 19.2 Å². The molecule has 2 fully saturated rings. The fourth-order valence-electron chi connectivity index (χ4n) is 5.02. The Hall–Kier alpha value is -3.74. The quantitative estimate of drug-likeness (QED) is 0.302. The van der Waals surface area contributed by atoms with Crippen molar-refractivity contribution in [2.45, 2.75) is 6.42 Å². The average molecular weight is 431 g/mol. The van der Waals surface area contributed by atoms with E-state index in [0.29, 0.717) is 17.0 Å². The maximum absolute atomic E-state index is 13.0. The summed E-state index contributed by atoms with van der Waals surface area (Å²) in [5.41, 5.74) is 0.885. The molecule has 2 aliphatic carbocycles. The Bertz CT molecular complexity index is 1140. The third-order valence-electron chi connectivity index (χ3n) is 6.54. The van der Waals surface area contributed by atoms with Crippen LogP contribution < -0.4 is 9.64 Å². The minimum absolute atomic E-state index is 0.113. The number of anilines is 1. The zero-order valence-corrected chi connectivity index (χ0v) is 17.4. The van der Waals surface area contributed by atoms with Crippen LogP contribution in [0.3, 0.4) is 0 Å². The van der Waals surface area contributed by atoms with E-state index < -0.39 is 12.6 Å². The standard InChI is InChI=1S/C25H21NO6/c1-31-19-7-3-4-14(12-19)20(27)13-32-25(30)17-5-2-6-18(11-17)26-23(28)21-15-8-9-16(10-15)22(21)24(26)29/h2-9,11-12,15-16,21-22H,10,13H2,1H3/t15-,16+,21-,22+. The molecule has 0 aromatic heterocycles. The number of ketones is 1. The number of methoxy groups -OCH3 is 1. The third kappa shape index (κ3) is 3.21. The van der Waals surface area contributed by atoms with Crippen LogP contribution in [0.1, 0.15) is 27.1 Å². The molecule has 2 aromatic carbocycles. The molecule has 1 aliphatic heterocycles. The molecule has 5 rings (SSSR count). The van der Waals surface area contributed by atoms with Crippen molar-refractivity contribution in [3.05, 3.63) is 71.8 Å². The monoisotopic (exact) mass is 431 g/mol. The highest BCUT2D eigenvalue weighted by Crippen LogP contribution is 2.53. The SMILES string of the molecule is COc1cccc(C(=O)COC(=O)c2cccc(N3C(=O)[C@@H]4[C@H](C3=O)[C@@H]3C=C[C@H]4C3)c2)c1. The number of imide groups is 1. The molecule has 0 N–H and O–H groups in total. The van der Waals surface area contributed by atoms with Crippen molar-refractivity contribution >= 4 is 29.3 Å². The predicted octanol–water partition coefficient (Wildman–Crippen LogP) is 3.05. The van der Waals surface area contributed by atoms with Crippen LogP contribution in [-0.4, -0.2) is 37.3 Å². The molecule has 0 spiro atoms. The summed E-state index contributed by atoms with van der Waals surface area (Å²) < 4.78 is 10.3. The van der Waals surface area contributed by atoms with Crippen LogP contribution in [0.2, 0.25) is 0 Å². The van der Waals surface area contributed by atoms with E-state index in [2.05, 4.69) is 0 Å². The number of esters is 1. The van der Waals surface area contributed by atoms with Crippen molar-refractivity contribution < 1.29 is 28.7 Å². The van der Waals surface area contributed by atoms with Gasteiger partial charge in [-0.3, -0.25) is 14.4 Å². The lowest BCUT2D eigenvalue weighted by Gasteiger charge is -2.18. The second kappa shape index (κ2) is 7.75. The molecule has 162 valence electrons. The highest BCUT2D eigenvalue weighted by atomic mass is 16.5. The summed E-state index contributed by atoms with van der Waals surface area (Å²) >= 11 is 0. The van der Waals surface area contributed by atoms with E-state index in [1.165, 1.54) is 24.1 Å². The Morgan fingerprint density at radius 2 is 1.59 bits per heavy atom. The molecule has 0 unspecified atom stereocenters. The lowest BCUT2D eigenvalue weighted by atomic mass is 9.85. The molecular formula is C25H21NO6. The van der Waals surface area contributed by atoms with Crippen LogP contribution in [-0.2, 0) is 14.3 Å². The number of rotatable bonds is 6. The fourth-order valence-corrected chi connectivity index (χ4v) is 5.02. The first-order valence-electron chi connectivity index (χ1n) is 10.5. The normalized spacial score (nSPS) is 25.2. The summed E-state index contributed by atoms with van der Waals surface area (Å²) in [5, 5.41) is 0. The molecular weight excluding hydrogens is 410 g/mol. The first-order valence-corrected chi connectivity index (χ1v) is 10.5. The smallest absolute Gasteiger partial charge is 0.338 e. The Morgan fingerprint density at radius 1 is 0.938 bits per heavy atom. The van der Waals surface area contributed by atoms with Crippen molar-refractivity contribution in [1.82, 2.24) is 0 Å². The van der Waals surface area contributed by atoms with E-state index in [1.807, 2.05) is 12.2 Å². The van der Waals surface area contributed by atoms with Crippen LogP contribution >= 0.6 is 0 Å². The number of carbonyl (C=O) groups is 4. The van der Waals surface area contributed by atoms with Gasteiger partial charge in [-0.15, -0.1) is 0 Å². The first-order chi connectivity index (χ1) is 15.5. The van der Waals surface area contributed by atoms with Crippen LogP contribution in [0, 0.1) is 23.7 Å². The summed E-state index contributed by atoms with van der Waals surface area (Å²) in [4.78, 5) is 52.1. The summed E-state index contributed by atoms with van der Waals surface area (Å²) in [6, 6.07) is 12.8. The molecule has 7 heteroatoms. The Labute approximate surface area is 184 Å². The molecule has 1 saturated heterocycles. The molecule has 0 radical (unpaired) electrons. The fraction of sp³-hybridized carbons (Fsp3) is 0.280. The average Bonchev–Trinajstić information content (AvgIpc) is 3.51. The second-order valence-corrected chi connectivity index (χ2v) is 8.29.